The Labute approximate surface area is 129 Å². The van der Waals surface area contributed by atoms with Crippen LogP contribution in [0.5, 0.6) is 0 Å². The lowest BCUT2D eigenvalue weighted by atomic mass is 10.3. The van der Waals surface area contributed by atoms with Gasteiger partial charge in [-0.15, -0.1) is 11.3 Å². The van der Waals surface area contributed by atoms with E-state index < -0.39 is 10.0 Å². The maximum absolute atomic E-state index is 12.7. The van der Waals surface area contributed by atoms with Crippen molar-refractivity contribution in [2.75, 3.05) is 13.6 Å². The molecular weight excluding hydrogens is 306 g/mol. The second kappa shape index (κ2) is 7.13. The predicted molar refractivity (Wildman–Crippen MR) is 84.6 cm³/mol. The molecule has 0 saturated heterocycles. The summed E-state index contributed by atoms with van der Waals surface area (Å²) in [5.41, 5.74) is 1.73. The monoisotopic (exact) mass is 325 g/mol. The summed E-state index contributed by atoms with van der Waals surface area (Å²) in [6.45, 7) is 3.21. The molecule has 5 nitrogen and oxygen atoms in total. The quantitative estimate of drug-likeness (QED) is 0.846. The molecule has 0 unspecified atom stereocenters. The van der Waals surface area contributed by atoms with Crippen LogP contribution in [0.25, 0.3) is 0 Å². The highest BCUT2D eigenvalue weighted by atomic mass is 32.2. The molecule has 2 aromatic rings. The van der Waals surface area contributed by atoms with Crippen LogP contribution >= 0.6 is 11.3 Å². The number of hydrogen-bond acceptors (Lipinski definition) is 5. The zero-order chi connectivity index (χ0) is 15.3. The fourth-order valence-electron chi connectivity index (χ4n) is 1.95. The van der Waals surface area contributed by atoms with E-state index in [2.05, 4.69) is 10.3 Å². The zero-order valence-corrected chi connectivity index (χ0v) is 13.7. The van der Waals surface area contributed by atoms with Gasteiger partial charge in [0.2, 0.25) is 0 Å². The predicted octanol–water partition coefficient (Wildman–Crippen LogP) is 2.07. The standard InChI is InChI=1S/C14H19N3O2S2/c1-3-17(10-13-6-4-5-7-16-13)21(18,19)14-8-12(9-15-2)11-20-14/h4-8,11,15H,3,9-10H2,1-2H3. The van der Waals surface area contributed by atoms with Crippen molar-refractivity contribution in [1.29, 1.82) is 0 Å². The molecule has 0 atom stereocenters. The third-order valence-electron chi connectivity index (χ3n) is 3.02. The van der Waals surface area contributed by atoms with Crippen LogP contribution in [0.2, 0.25) is 0 Å². The Bertz CT molecular complexity index is 669. The maximum atomic E-state index is 12.7. The Morgan fingerprint density at radius 1 is 1.38 bits per heavy atom. The first kappa shape index (κ1) is 16.1. The normalized spacial score (nSPS) is 12.0. The van der Waals surface area contributed by atoms with Crippen molar-refractivity contribution in [3.8, 4) is 0 Å². The van der Waals surface area contributed by atoms with Gasteiger partial charge in [0.15, 0.2) is 0 Å². The molecular formula is C14H19N3O2S2. The molecule has 0 aliphatic carbocycles. The summed E-state index contributed by atoms with van der Waals surface area (Å²) < 4.78 is 27.2. The Morgan fingerprint density at radius 3 is 2.81 bits per heavy atom. The van der Waals surface area contributed by atoms with Gasteiger partial charge >= 0.3 is 0 Å². The highest BCUT2D eigenvalue weighted by molar-refractivity contribution is 7.91. The number of nitrogens with zero attached hydrogens (tertiary/aromatic N) is 2. The fraction of sp³-hybridized carbons (Fsp3) is 0.357. The summed E-state index contributed by atoms with van der Waals surface area (Å²) in [5.74, 6) is 0. The number of rotatable bonds is 7. The number of nitrogens with one attached hydrogen (secondary N) is 1. The number of sulfonamides is 1. The summed E-state index contributed by atoms with van der Waals surface area (Å²) in [7, 11) is -1.62. The molecule has 21 heavy (non-hydrogen) atoms. The second-order valence-corrected chi connectivity index (χ2v) is 7.63. The zero-order valence-electron chi connectivity index (χ0n) is 12.1. The first-order valence-electron chi connectivity index (χ1n) is 6.70. The van der Waals surface area contributed by atoms with E-state index >= 15 is 0 Å². The fourth-order valence-corrected chi connectivity index (χ4v) is 4.73. The minimum absolute atomic E-state index is 0.291. The van der Waals surface area contributed by atoms with Gasteiger partial charge in [0, 0.05) is 19.3 Å². The van der Waals surface area contributed by atoms with Gasteiger partial charge in [-0.3, -0.25) is 4.98 Å². The number of hydrogen-bond donors (Lipinski definition) is 1. The molecule has 0 amide bonds. The van der Waals surface area contributed by atoms with E-state index in [1.165, 1.54) is 15.6 Å². The minimum Gasteiger partial charge on any atom is -0.316 e. The van der Waals surface area contributed by atoms with E-state index in [0.29, 0.717) is 23.8 Å². The molecule has 0 aromatic carbocycles. The molecule has 0 fully saturated rings. The van der Waals surface area contributed by atoms with Crippen molar-refractivity contribution in [1.82, 2.24) is 14.6 Å². The van der Waals surface area contributed by atoms with Gasteiger partial charge in [0.25, 0.3) is 10.0 Å². The molecule has 0 bridgehead atoms. The van der Waals surface area contributed by atoms with E-state index in [0.717, 1.165) is 11.3 Å². The Balaban J connectivity index is 2.22. The summed E-state index contributed by atoms with van der Waals surface area (Å²) in [5, 5.41) is 4.89. The Morgan fingerprint density at radius 2 is 2.19 bits per heavy atom. The Kier molecular flexibility index (Phi) is 5.46. The van der Waals surface area contributed by atoms with Crippen molar-refractivity contribution in [2.24, 2.45) is 0 Å². The first-order valence-corrected chi connectivity index (χ1v) is 9.02. The SMILES string of the molecule is CCN(Cc1ccccn1)S(=O)(=O)c1cc(CNC)cs1. The van der Waals surface area contributed by atoms with Crippen LogP contribution in [0.3, 0.4) is 0 Å². The molecule has 0 saturated carbocycles. The molecule has 1 N–H and O–H groups in total. The second-order valence-electron chi connectivity index (χ2n) is 4.56. The average molecular weight is 325 g/mol. The van der Waals surface area contributed by atoms with Crippen molar-refractivity contribution in [2.45, 2.75) is 24.2 Å². The first-order chi connectivity index (χ1) is 10.1. The molecule has 0 radical (unpaired) electrons. The Hall–Kier alpha value is -1.28. The van der Waals surface area contributed by atoms with Gasteiger partial charge in [0.1, 0.15) is 4.21 Å². The molecule has 0 spiro atoms. The van der Waals surface area contributed by atoms with Crippen molar-refractivity contribution in [3.05, 3.63) is 47.1 Å². The smallest absolute Gasteiger partial charge is 0.252 e. The average Bonchev–Trinajstić information content (AvgIpc) is 2.95. The van der Waals surface area contributed by atoms with E-state index in [-0.39, 0.29) is 0 Å². The molecule has 2 aromatic heterocycles. The van der Waals surface area contributed by atoms with Crippen LogP contribution in [0.4, 0.5) is 0 Å². The third-order valence-corrected chi connectivity index (χ3v) is 6.41. The van der Waals surface area contributed by atoms with Gasteiger partial charge in [-0.05, 0) is 36.2 Å². The molecule has 7 heteroatoms. The van der Waals surface area contributed by atoms with Gasteiger partial charge in [-0.1, -0.05) is 13.0 Å². The van der Waals surface area contributed by atoms with Crippen molar-refractivity contribution < 1.29 is 8.42 Å². The van der Waals surface area contributed by atoms with Crippen molar-refractivity contribution in [3.63, 3.8) is 0 Å². The molecule has 0 aliphatic heterocycles. The van der Waals surface area contributed by atoms with Crippen LogP contribution < -0.4 is 5.32 Å². The van der Waals surface area contributed by atoms with Gasteiger partial charge < -0.3 is 5.32 Å². The van der Waals surface area contributed by atoms with Crippen LogP contribution in [-0.4, -0.2) is 31.3 Å². The van der Waals surface area contributed by atoms with E-state index in [9.17, 15) is 8.42 Å². The highest BCUT2D eigenvalue weighted by Gasteiger charge is 2.25. The topological polar surface area (TPSA) is 62.3 Å². The largest absolute Gasteiger partial charge is 0.316 e. The summed E-state index contributed by atoms with van der Waals surface area (Å²) in [6.07, 6.45) is 1.67. The summed E-state index contributed by atoms with van der Waals surface area (Å²) >= 11 is 1.26. The number of aromatic nitrogens is 1. The molecule has 0 aliphatic rings. The maximum Gasteiger partial charge on any atom is 0.252 e. The van der Waals surface area contributed by atoms with E-state index in [1.807, 2.05) is 37.6 Å². The van der Waals surface area contributed by atoms with Gasteiger partial charge in [-0.25, -0.2) is 8.42 Å². The van der Waals surface area contributed by atoms with Crippen LogP contribution in [0, 0.1) is 0 Å². The molecule has 2 rings (SSSR count). The van der Waals surface area contributed by atoms with E-state index in [1.54, 1.807) is 12.3 Å². The molecule has 114 valence electrons. The lowest BCUT2D eigenvalue weighted by molar-refractivity contribution is 0.420. The van der Waals surface area contributed by atoms with Crippen LogP contribution in [-0.2, 0) is 23.1 Å². The van der Waals surface area contributed by atoms with Crippen LogP contribution in [0.1, 0.15) is 18.2 Å². The van der Waals surface area contributed by atoms with E-state index in [4.69, 9.17) is 0 Å². The summed E-state index contributed by atoms with van der Waals surface area (Å²) in [4.78, 5) is 4.20. The third kappa shape index (κ3) is 3.88. The van der Waals surface area contributed by atoms with Crippen LogP contribution in [0.15, 0.2) is 40.1 Å². The van der Waals surface area contributed by atoms with Gasteiger partial charge in [-0.2, -0.15) is 4.31 Å². The number of thiophene rings is 1. The summed E-state index contributed by atoms with van der Waals surface area (Å²) in [6, 6.07) is 7.24. The molecule has 2 heterocycles. The lowest BCUT2D eigenvalue weighted by Crippen LogP contribution is -2.30. The minimum atomic E-state index is -3.46. The highest BCUT2D eigenvalue weighted by Crippen LogP contribution is 2.24. The van der Waals surface area contributed by atoms with Gasteiger partial charge in [0.05, 0.1) is 12.2 Å². The lowest BCUT2D eigenvalue weighted by Gasteiger charge is -2.19. The van der Waals surface area contributed by atoms with Crippen molar-refractivity contribution >= 4 is 21.4 Å². The number of pyridine rings is 1.